The fourth-order valence-corrected chi connectivity index (χ4v) is 2.62. The molecule has 0 N–H and O–H groups in total. The Morgan fingerprint density at radius 2 is 1.88 bits per heavy atom. The van der Waals surface area contributed by atoms with Gasteiger partial charge in [0.25, 0.3) is 0 Å². The number of hydrogen-bond donors (Lipinski definition) is 0. The second-order valence-corrected chi connectivity index (χ2v) is 4.46. The Morgan fingerprint density at radius 3 is 2.62 bits per heavy atom. The van der Waals surface area contributed by atoms with Crippen LogP contribution >= 0.6 is 0 Å². The highest BCUT2D eigenvalue weighted by molar-refractivity contribution is 5.85. The van der Waals surface area contributed by atoms with Gasteiger partial charge in [0.15, 0.2) is 0 Å². The van der Waals surface area contributed by atoms with E-state index in [4.69, 9.17) is 0 Å². The average molecular weight is 209 g/mol. The Balaban J connectivity index is 2.25. The first-order valence-electron chi connectivity index (χ1n) is 5.78. The third kappa shape index (κ3) is 1.44. The highest BCUT2D eigenvalue weighted by atomic mass is 16.1. The lowest BCUT2D eigenvalue weighted by Gasteiger charge is -2.21. The zero-order valence-corrected chi connectivity index (χ0v) is 9.07. The molecule has 0 amide bonds. The number of hydrogen-bond acceptors (Lipinski definition) is 1. The van der Waals surface area contributed by atoms with Gasteiger partial charge in [-0.15, -0.1) is 0 Å². The number of fused-ring (bicyclic) bond motifs is 2. The fourth-order valence-electron chi connectivity index (χ4n) is 2.62. The van der Waals surface area contributed by atoms with Crippen molar-refractivity contribution in [1.82, 2.24) is 0 Å². The molecule has 0 heterocycles. The highest BCUT2D eigenvalue weighted by Gasteiger charge is 2.20. The van der Waals surface area contributed by atoms with Gasteiger partial charge in [-0.3, -0.25) is 4.79 Å². The summed E-state index contributed by atoms with van der Waals surface area (Å²) in [6.07, 6.45) is 5.33. The quantitative estimate of drug-likeness (QED) is 0.703. The van der Waals surface area contributed by atoms with E-state index < -0.39 is 0 Å². The van der Waals surface area contributed by atoms with Crippen molar-refractivity contribution in [2.24, 2.45) is 0 Å². The number of rotatable bonds is 1. The van der Waals surface area contributed by atoms with Crippen molar-refractivity contribution < 1.29 is 4.79 Å². The maximum absolute atomic E-state index is 10.9. The third-order valence-electron chi connectivity index (χ3n) is 3.46. The first-order valence-corrected chi connectivity index (χ1v) is 5.78. The molecule has 16 heavy (non-hydrogen) atoms. The molecular formula is C15H13O. The molecule has 2 aromatic rings. The molecule has 0 aliphatic heterocycles. The third-order valence-corrected chi connectivity index (χ3v) is 3.46. The molecule has 0 bridgehead atoms. The van der Waals surface area contributed by atoms with Gasteiger partial charge >= 0.3 is 0 Å². The summed E-state index contributed by atoms with van der Waals surface area (Å²) in [5.74, 6) is -0.00615. The van der Waals surface area contributed by atoms with Crippen molar-refractivity contribution in [2.75, 3.05) is 0 Å². The summed E-state index contributed by atoms with van der Waals surface area (Å²) in [4.78, 5) is 10.9. The van der Waals surface area contributed by atoms with Crippen LogP contribution in [0.15, 0.2) is 36.4 Å². The van der Waals surface area contributed by atoms with E-state index in [1.807, 2.05) is 6.07 Å². The maximum Gasteiger partial charge on any atom is 0.206 e. The van der Waals surface area contributed by atoms with E-state index in [1.54, 1.807) is 0 Å². The molecule has 79 valence electrons. The number of aryl methyl sites for hydroxylation is 1. The molecule has 1 heteroatoms. The van der Waals surface area contributed by atoms with E-state index in [9.17, 15) is 4.79 Å². The van der Waals surface area contributed by atoms with Crippen molar-refractivity contribution in [1.29, 1.82) is 0 Å². The van der Waals surface area contributed by atoms with E-state index >= 15 is 0 Å². The highest BCUT2D eigenvalue weighted by Crippen LogP contribution is 2.33. The summed E-state index contributed by atoms with van der Waals surface area (Å²) in [6.45, 7) is 0. The maximum atomic E-state index is 10.9. The zero-order chi connectivity index (χ0) is 11.0. The molecule has 1 aliphatic carbocycles. The molecule has 0 fully saturated rings. The first-order chi connectivity index (χ1) is 7.88. The largest absolute Gasteiger partial charge is 0.290 e. The van der Waals surface area contributed by atoms with Gasteiger partial charge in [-0.25, -0.2) is 0 Å². The molecule has 0 saturated carbocycles. The normalized spacial score (nSPS) is 19.4. The zero-order valence-electron chi connectivity index (χ0n) is 9.07. The molecule has 1 unspecified atom stereocenters. The molecule has 0 spiro atoms. The van der Waals surface area contributed by atoms with Crippen LogP contribution in [0.1, 0.15) is 29.9 Å². The monoisotopic (exact) mass is 209 g/mol. The Morgan fingerprint density at radius 1 is 1.12 bits per heavy atom. The summed E-state index contributed by atoms with van der Waals surface area (Å²) < 4.78 is 0. The standard InChI is InChI=1S/C15H13O/c16-10-14-7-3-6-13-8-11-4-1-2-5-12(11)9-15(13)14/h1-2,4-5,8-9,14H,3,6-7H2. The smallest absolute Gasteiger partial charge is 0.206 e. The summed E-state index contributed by atoms with van der Waals surface area (Å²) in [6, 6.07) is 12.7. The van der Waals surface area contributed by atoms with E-state index in [0.29, 0.717) is 0 Å². The molecule has 2 aromatic carbocycles. The Kier molecular flexibility index (Phi) is 2.24. The minimum absolute atomic E-state index is 0.00615. The van der Waals surface area contributed by atoms with E-state index in [1.165, 1.54) is 21.9 Å². The minimum Gasteiger partial charge on any atom is -0.290 e. The molecule has 0 aromatic heterocycles. The van der Waals surface area contributed by atoms with Crippen LogP contribution in [-0.4, -0.2) is 6.29 Å². The first kappa shape index (κ1) is 9.59. The van der Waals surface area contributed by atoms with Gasteiger partial charge in [0.05, 0.1) is 5.92 Å². The second-order valence-electron chi connectivity index (χ2n) is 4.46. The van der Waals surface area contributed by atoms with Crippen LogP contribution < -0.4 is 0 Å². The summed E-state index contributed by atoms with van der Waals surface area (Å²) in [5, 5.41) is 2.50. The van der Waals surface area contributed by atoms with Gasteiger partial charge in [-0.2, -0.15) is 0 Å². The molecule has 1 radical (unpaired) electrons. The van der Waals surface area contributed by atoms with Gasteiger partial charge < -0.3 is 0 Å². The van der Waals surface area contributed by atoms with Gasteiger partial charge in [-0.1, -0.05) is 36.4 Å². The van der Waals surface area contributed by atoms with E-state index in [2.05, 4.69) is 36.6 Å². The van der Waals surface area contributed by atoms with Crippen LogP contribution in [0.2, 0.25) is 0 Å². The predicted octanol–water partition coefficient (Wildman–Crippen LogP) is 3.37. The van der Waals surface area contributed by atoms with E-state index in [0.717, 1.165) is 19.3 Å². The predicted molar refractivity (Wildman–Crippen MR) is 65.3 cm³/mol. The Bertz CT molecular complexity index is 542. The van der Waals surface area contributed by atoms with Gasteiger partial charge in [0, 0.05) is 0 Å². The van der Waals surface area contributed by atoms with Gasteiger partial charge in [0.2, 0.25) is 6.29 Å². The fraction of sp³-hybridized carbons (Fsp3) is 0.267. The summed E-state index contributed by atoms with van der Waals surface area (Å²) in [5.41, 5.74) is 2.53. The molecule has 1 aliphatic rings. The van der Waals surface area contributed by atoms with Crippen LogP contribution in [0.25, 0.3) is 10.8 Å². The Hall–Kier alpha value is -1.63. The van der Waals surface area contributed by atoms with Gasteiger partial charge in [-0.05, 0) is 41.2 Å². The number of benzene rings is 2. The van der Waals surface area contributed by atoms with Crippen LogP contribution in [0, 0.1) is 0 Å². The Labute approximate surface area is 95.1 Å². The number of carbonyl (C=O) groups excluding carboxylic acids is 1. The molecular weight excluding hydrogens is 196 g/mol. The van der Waals surface area contributed by atoms with Crippen LogP contribution in [0.5, 0.6) is 0 Å². The van der Waals surface area contributed by atoms with Crippen molar-refractivity contribution >= 4 is 17.1 Å². The second kappa shape index (κ2) is 3.75. The average Bonchev–Trinajstić information content (AvgIpc) is 2.35. The molecule has 3 rings (SSSR count). The van der Waals surface area contributed by atoms with Crippen molar-refractivity contribution in [2.45, 2.75) is 25.2 Å². The lowest BCUT2D eigenvalue weighted by Crippen LogP contribution is -2.10. The van der Waals surface area contributed by atoms with Crippen molar-refractivity contribution in [3.8, 4) is 0 Å². The van der Waals surface area contributed by atoms with Crippen LogP contribution in [0.4, 0.5) is 0 Å². The van der Waals surface area contributed by atoms with Gasteiger partial charge in [0.1, 0.15) is 0 Å². The topological polar surface area (TPSA) is 17.1 Å². The molecule has 1 nitrogen and oxygen atoms in total. The summed E-state index contributed by atoms with van der Waals surface area (Å²) in [7, 11) is 0. The van der Waals surface area contributed by atoms with Crippen molar-refractivity contribution in [3.63, 3.8) is 0 Å². The van der Waals surface area contributed by atoms with Crippen LogP contribution in [0.3, 0.4) is 0 Å². The summed E-state index contributed by atoms with van der Waals surface area (Å²) >= 11 is 0. The minimum atomic E-state index is -0.00615. The van der Waals surface area contributed by atoms with Crippen LogP contribution in [-0.2, 0) is 11.2 Å². The SMILES string of the molecule is O=[C]C1CCCc2cc3ccccc3cc21. The lowest BCUT2D eigenvalue weighted by atomic mass is 9.82. The van der Waals surface area contributed by atoms with Crippen molar-refractivity contribution in [3.05, 3.63) is 47.5 Å². The molecule has 1 atom stereocenters. The molecule has 0 saturated heterocycles. The lowest BCUT2D eigenvalue weighted by molar-refractivity contribution is 0.526. The van der Waals surface area contributed by atoms with E-state index in [-0.39, 0.29) is 5.92 Å².